The van der Waals surface area contributed by atoms with Crippen molar-refractivity contribution in [3.8, 4) is 0 Å². The first-order chi connectivity index (χ1) is 17.8. The molecule has 37 heavy (non-hydrogen) atoms. The van der Waals surface area contributed by atoms with Crippen LogP contribution in [-0.2, 0) is 14.8 Å². The van der Waals surface area contributed by atoms with Gasteiger partial charge in [-0.1, -0.05) is 24.3 Å². The Labute approximate surface area is 215 Å². The number of carboxylic acids is 1. The maximum atomic E-state index is 12.7. The highest BCUT2D eigenvalue weighted by Gasteiger charge is 2.26. The highest BCUT2D eigenvalue weighted by molar-refractivity contribution is 7.89. The molecule has 1 aromatic heterocycles. The number of carbonyl (C=O) groups excluding carboxylic acids is 1. The molecule has 4 N–H and O–H groups in total. The van der Waals surface area contributed by atoms with E-state index < -0.39 is 34.5 Å². The maximum Gasteiger partial charge on any atom is 0.323 e. The monoisotopic (exact) mass is 523 g/mol. The number of nitrogens with zero attached hydrogens (tertiary/aromatic N) is 2. The number of hydrogen-bond donors (Lipinski definition) is 4. The molecule has 1 amide bonds. The van der Waals surface area contributed by atoms with Crippen molar-refractivity contribution in [2.24, 2.45) is 0 Å². The predicted molar refractivity (Wildman–Crippen MR) is 140 cm³/mol. The minimum Gasteiger partial charge on any atom is -0.480 e. The summed E-state index contributed by atoms with van der Waals surface area (Å²) in [5.41, 5.74) is 1.29. The third-order valence-electron chi connectivity index (χ3n) is 6.06. The molecule has 2 heterocycles. The highest BCUT2D eigenvalue weighted by atomic mass is 32.2. The number of pyridine rings is 1. The molecule has 2 atom stereocenters. The molecule has 3 aromatic rings. The second kappa shape index (κ2) is 11.8. The van der Waals surface area contributed by atoms with Crippen molar-refractivity contribution < 1.29 is 23.1 Å². The first-order valence-electron chi connectivity index (χ1n) is 12.0. The van der Waals surface area contributed by atoms with Gasteiger partial charge in [-0.25, -0.2) is 13.4 Å². The van der Waals surface area contributed by atoms with Crippen molar-refractivity contribution >= 4 is 33.4 Å². The molecule has 194 valence electrons. The molecule has 2 aromatic carbocycles. The van der Waals surface area contributed by atoms with Crippen LogP contribution in [0.4, 0.5) is 11.5 Å². The summed E-state index contributed by atoms with van der Waals surface area (Å²) in [7, 11) is -4.06. The van der Waals surface area contributed by atoms with Crippen LogP contribution in [0.3, 0.4) is 0 Å². The quantitative estimate of drug-likeness (QED) is 0.318. The Morgan fingerprint density at radius 1 is 1.00 bits per heavy atom. The van der Waals surface area contributed by atoms with Gasteiger partial charge in [0.1, 0.15) is 18.0 Å². The van der Waals surface area contributed by atoms with Crippen LogP contribution < -0.4 is 20.3 Å². The van der Waals surface area contributed by atoms with Crippen molar-refractivity contribution in [2.75, 3.05) is 23.3 Å². The Balaban J connectivity index is 1.38. The summed E-state index contributed by atoms with van der Waals surface area (Å²) in [6.45, 7) is 0.446. The van der Waals surface area contributed by atoms with Crippen molar-refractivity contribution in [3.63, 3.8) is 0 Å². The van der Waals surface area contributed by atoms with Crippen molar-refractivity contribution in [1.29, 1.82) is 0 Å². The summed E-state index contributed by atoms with van der Waals surface area (Å²) < 4.78 is 27.1. The number of piperidine rings is 1. The van der Waals surface area contributed by atoms with Crippen LogP contribution in [0.15, 0.2) is 83.9 Å². The van der Waals surface area contributed by atoms with E-state index in [1.165, 1.54) is 24.3 Å². The van der Waals surface area contributed by atoms with Crippen molar-refractivity contribution in [1.82, 2.24) is 15.0 Å². The lowest BCUT2D eigenvalue weighted by Gasteiger charge is -2.38. The first-order valence-corrected chi connectivity index (χ1v) is 13.4. The summed E-state index contributed by atoms with van der Waals surface area (Å²) in [6.07, 6.45) is 4.91. The van der Waals surface area contributed by atoms with E-state index >= 15 is 0 Å². The van der Waals surface area contributed by atoms with Crippen LogP contribution in [0.1, 0.15) is 29.6 Å². The van der Waals surface area contributed by atoms with Gasteiger partial charge in [-0.15, -0.1) is 0 Å². The Bertz CT molecular complexity index is 1300. The van der Waals surface area contributed by atoms with Crippen LogP contribution in [0.25, 0.3) is 0 Å². The number of hydrogen-bond acceptors (Lipinski definition) is 7. The number of nitrogens with one attached hydrogen (secondary N) is 3. The molecule has 0 saturated carbocycles. The lowest BCUT2D eigenvalue weighted by Crippen LogP contribution is -2.48. The van der Waals surface area contributed by atoms with Gasteiger partial charge in [0.15, 0.2) is 0 Å². The highest BCUT2D eigenvalue weighted by Crippen LogP contribution is 2.26. The molecule has 0 aliphatic carbocycles. The Hall–Kier alpha value is -3.96. The summed E-state index contributed by atoms with van der Waals surface area (Å²) >= 11 is 0. The fourth-order valence-electron chi connectivity index (χ4n) is 4.14. The lowest BCUT2D eigenvalue weighted by atomic mass is 10.1. The van der Waals surface area contributed by atoms with Crippen LogP contribution in [-0.4, -0.2) is 55.7 Å². The lowest BCUT2D eigenvalue weighted by molar-refractivity contribution is -0.138. The maximum absolute atomic E-state index is 12.7. The van der Waals surface area contributed by atoms with E-state index in [0.717, 1.165) is 37.3 Å². The molecule has 0 spiro atoms. The summed E-state index contributed by atoms with van der Waals surface area (Å²) in [5, 5.41) is 15.5. The molecule has 0 radical (unpaired) electrons. The fraction of sp³-hybridized carbons (Fsp3) is 0.269. The van der Waals surface area contributed by atoms with E-state index in [2.05, 4.69) is 25.2 Å². The smallest absolute Gasteiger partial charge is 0.323 e. The van der Waals surface area contributed by atoms with Crippen molar-refractivity contribution in [3.05, 3.63) is 84.6 Å². The molecule has 1 saturated heterocycles. The normalized spacial score (nSPS) is 16.5. The molecule has 0 bridgehead atoms. The molecule has 1 fully saturated rings. The summed E-state index contributed by atoms with van der Waals surface area (Å²) in [6, 6.07) is 18.7. The van der Waals surface area contributed by atoms with Gasteiger partial charge in [-0.3, -0.25) is 9.59 Å². The zero-order chi connectivity index (χ0) is 26.3. The molecule has 1 aliphatic heterocycles. The summed E-state index contributed by atoms with van der Waals surface area (Å²) in [4.78, 5) is 30.9. The fourth-order valence-corrected chi connectivity index (χ4v) is 5.36. The van der Waals surface area contributed by atoms with Gasteiger partial charge in [0, 0.05) is 30.5 Å². The van der Waals surface area contributed by atoms with E-state index in [-0.39, 0.29) is 11.1 Å². The van der Waals surface area contributed by atoms with E-state index in [9.17, 15) is 23.1 Å². The standard InChI is InChI=1S/C26H29N5O5S/c32-25(28-18-22(26(33)34)30-37(35,36)21-8-2-1-3-9-21)19-12-14-20(15-13-19)31-17-7-5-11-24(31)29-23-10-4-6-16-27-23/h1-4,6,8-10,12-16,22,24,30H,5,7,11,17-18H2,(H,27,29)(H,28,32)(H,33,34)/t22-,24?/m0/s1. The number of carbonyl (C=O) groups is 2. The van der Waals surface area contributed by atoms with E-state index in [4.69, 9.17) is 0 Å². The summed E-state index contributed by atoms with van der Waals surface area (Å²) in [5.74, 6) is -1.10. The first kappa shape index (κ1) is 26.1. The van der Waals surface area contributed by atoms with Crippen LogP contribution in [0.2, 0.25) is 0 Å². The zero-order valence-corrected chi connectivity index (χ0v) is 20.9. The van der Waals surface area contributed by atoms with Crippen LogP contribution in [0.5, 0.6) is 0 Å². The molecular formula is C26H29N5O5S. The number of anilines is 2. The predicted octanol–water partition coefficient (Wildman–Crippen LogP) is 2.67. The minimum atomic E-state index is -4.06. The molecule has 10 nitrogen and oxygen atoms in total. The van der Waals surface area contributed by atoms with Crippen LogP contribution in [0, 0.1) is 0 Å². The molecule has 1 unspecified atom stereocenters. The molecular weight excluding hydrogens is 494 g/mol. The molecule has 11 heteroatoms. The van der Waals surface area contributed by atoms with Crippen LogP contribution >= 0.6 is 0 Å². The van der Waals surface area contributed by atoms with Gasteiger partial charge in [-0.05, 0) is 67.8 Å². The Morgan fingerprint density at radius 3 is 2.41 bits per heavy atom. The van der Waals surface area contributed by atoms with Gasteiger partial charge >= 0.3 is 5.97 Å². The SMILES string of the molecule is O=C(NC[C@H](NS(=O)(=O)c1ccccc1)C(=O)O)c1ccc(N2CCCCC2Nc2ccccn2)cc1. The topological polar surface area (TPSA) is 141 Å². The molecule has 4 rings (SSSR count). The second-order valence-corrected chi connectivity index (χ2v) is 10.4. The number of aromatic nitrogens is 1. The van der Waals surface area contributed by atoms with E-state index in [0.29, 0.717) is 5.56 Å². The third-order valence-corrected chi connectivity index (χ3v) is 7.55. The second-order valence-electron chi connectivity index (χ2n) is 8.65. The number of benzene rings is 2. The Morgan fingerprint density at radius 2 is 1.73 bits per heavy atom. The van der Waals surface area contributed by atoms with Gasteiger partial charge in [0.25, 0.3) is 5.91 Å². The Kier molecular flexibility index (Phi) is 8.36. The van der Waals surface area contributed by atoms with Gasteiger partial charge in [-0.2, -0.15) is 4.72 Å². The van der Waals surface area contributed by atoms with Gasteiger partial charge in [0.2, 0.25) is 10.0 Å². The van der Waals surface area contributed by atoms with E-state index in [1.54, 1.807) is 24.4 Å². The van der Waals surface area contributed by atoms with Gasteiger partial charge < -0.3 is 20.6 Å². The molecule has 1 aliphatic rings. The number of sulfonamides is 1. The average Bonchev–Trinajstić information content (AvgIpc) is 2.92. The number of amides is 1. The number of rotatable bonds is 10. The van der Waals surface area contributed by atoms with Crippen molar-refractivity contribution in [2.45, 2.75) is 36.4 Å². The van der Waals surface area contributed by atoms with Gasteiger partial charge in [0.05, 0.1) is 4.90 Å². The third kappa shape index (κ3) is 6.83. The van der Waals surface area contributed by atoms with E-state index in [1.807, 2.05) is 30.3 Å². The number of aliphatic carboxylic acids is 1. The largest absolute Gasteiger partial charge is 0.480 e. The minimum absolute atomic E-state index is 0.0586. The zero-order valence-electron chi connectivity index (χ0n) is 20.1. The number of carboxylic acid groups (broad SMARTS) is 1. The average molecular weight is 524 g/mol.